The van der Waals surface area contributed by atoms with Crippen LogP contribution in [0.1, 0.15) is 43.7 Å². The highest BCUT2D eigenvalue weighted by Crippen LogP contribution is 2.19. The standard InChI is InChI=1S/C23H29ClN2O2/c1-2-22(28-21-8-6-7-20(24)15-21)23(27)25-16-18-9-11-19(12-10-18)17-26-13-4-3-5-14-26/h6-12,15,22H,2-5,13-14,16-17H2,1H3,(H,25,27)/t22-/m1/s1. The first kappa shape index (κ1) is 20.7. The molecule has 1 amide bonds. The molecule has 1 fully saturated rings. The molecule has 1 aliphatic heterocycles. The maximum atomic E-state index is 12.5. The lowest BCUT2D eigenvalue weighted by Gasteiger charge is -2.26. The Balaban J connectivity index is 1.48. The van der Waals surface area contributed by atoms with Crippen LogP contribution in [-0.4, -0.2) is 30.0 Å². The lowest BCUT2D eigenvalue weighted by molar-refractivity contribution is -0.128. The zero-order valence-electron chi connectivity index (χ0n) is 16.5. The normalized spacial score (nSPS) is 15.8. The Bertz CT molecular complexity index is 757. The number of benzene rings is 2. The lowest BCUT2D eigenvalue weighted by atomic mass is 10.1. The van der Waals surface area contributed by atoms with Crippen molar-refractivity contribution in [1.82, 2.24) is 10.2 Å². The number of rotatable bonds is 8. The Morgan fingerprint density at radius 2 is 1.82 bits per heavy atom. The molecule has 1 aliphatic rings. The first-order valence-electron chi connectivity index (χ1n) is 10.1. The molecule has 0 radical (unpaired) electrons. The van der Waals surface area contributed by atoms with Gasteiger partial charge in [-0.25, -0.2) is 0 Å². The van der Waals surface area contributed by atoms with E-state index >= 15 is 0 Å². The topological polar surface area (TPSA) is 41.6 Å². The van der Waals surface area contributed by atoms with E-state index in [2.05, 4.69) is 34.5 Å². The molecule has 4 nitrogen and oxygen atoms in total. The number of carbonyl (C=O) groups excluding carboxylic acids is 1. The number of nitrogens with zero attached hydrogens (tertiary/aromatic N) is 1. The fourth-order valence-electron chi connectivity index (χ4n) is 3.47. The van der Waals surface area contributed by atoms with Crippen molar-refractivity contribution in [3.63, 3.8) is 0 Å². The third-order valence-electron chi connectivity index (χ3n) is 5.08. The Morgan fingerprint density at radius 1 is 1.11 bits per heavy atom. The molecule has 2 aromatic rings. The molecule has 3 rings (SSSR count). The molecule has 5 heteroatoms. The number of ether oxygens (including phenoxy) is 1. The fraction of sp³-hybridized carbons (Fsp3) is 0.435. The number of hydrogen-bond acceptors (Lipinski definition) is 3. The van der Waals surface area contributed by atoms with Crippen LogP contribution in [0.15, 0.2) is 48.5 Å². The first-order chi connectivity index (χ1) is 13.6. The minimum Gasteiger partial charge on any atom is -0.481 e. The van der Waals surface area contributed by atoms with Gasteiger partial charge >= 0.3 is 0 Å². The third-order valence-corrected chi connectivity index (χ3v) is 5.32. The minimum absolute atomic E-state index is 0.111. The van der Waals surface area contributed by atoms with Crippen molar-refractivity contribution >= 4 is 17.5 Å². The summed E-state index contributed by atoms with van der Waals surface area (Å²) in [6.07, 6.45) is 4.03. The van der Waals surface area contributed by atoms with Crippen LogP contribution in [0.2, 0.25) is 5.02 Å². The predicted octanol–water partition coefficient (Wildman–Crippen LogP) is 4.80. The second kappa shape index (κ2) is 10.5. The Kier molecular flexibility index (Phi) is 7.75. The van der Waals surface area contributed by atoms with Gasteiger partial charge in [0.15, 0.2) is 6.10 Å². The minimum atomic E-state index is -0.531. The Labute approximate surface area is 172 Å². The molecule has 0 saturated carbocycles. The number of carbonyl (C=O) groups is 1. The van der Waals surface area contributed by atoms with E-state index in [9.17, 15) is 4.79 Å². The van der Waals surface area contributed by atoms with Gasteiger partial charge < -0.3 is 10.1 Å². The smallest absolute Gasteiger partial charge is 0.261 e. The summed E-state index contributed by atoms with van der Waals surface area (Å²) in [4.78, 5) is 15.0. The van der Waals surface area contributed by atoms with Crippen LogP contribution in [0.25, 0.3) is 0 Å². The van der Waals surface area contributed by atoms with Gasteiger partial charge in [0, 0.05) is 18.1 Å². The maximum Gasteiger partial charge on any atom is 0.261 e. The summed E-state index contributed by atoms with van der Waals surface area (Å²) in [6.45, 7) is 5.84. The van der Waals surface area contributed by atoms with Crippen LogP contribution in [0.5, 0.6) is 5.75 Å². The Morgan fingerprint density at radius 3 is 2.50 bits per heavy atom. The van der Waals surface area contributed by atoms with Crippen molar-refractivity contribution in [2.24, 2.45) is 0 Å². The summed E-state index contributed by atoms with van der Waals surface area (Å²) in [6, 6.07) is 15.6. The molecular weight excluding hydrogens is 372 g/mol. The van der Waals surface area contributed by atoms with Crippen LogP contribution >= 0.6 is 11.6 Å². The average molecular weight is 401 g/mol. The summed E-state index contributed by atoms with van der Waals surface area (Å²) < 4.78 is 5.80. The fourth-order valence-corrected chi connectivity index (χ4v) is 3.65. The molecule has 1 saturated heterocycles. The SMILES string of the molecule is CC[C@@H](Oc1cccc(Cl)c1)C(=O)NCc1ccc(CN2CCCCC2)cc1. The number of nitrogens with one attached hydrogen (secondary N) is 1. The summed E-state index contributed by atoms with van der Waals surface area (Å²) in [5, 5.41) is 3.57. The zero-order chi connectivity index (χ0) is 19.8. The molecule has 1 atom stereocenters. The van der Waals surface area contributed by atoms with E-state index in [1.54, 1.807) is 12.1 Å². The van der Waals surface area contributed by atoms with Crippen molar-refractivity contribution in [1.29, 1.82) is 0 Å². The maximum absolute atomic E-state index is 12.5. The molecule has 0 spiro atoms. The highest BCUT2D eigenvalue weighted by molar-refractivity contribution is 6.30. The van der Waals surface area contributed by atoms with Crippen LogP contribution in [0, 0.1) is 0 Å². The second-order valence-corrected chi connectivity index (χ2v) is 7.78. The molecule has 1 heterocycles. The summed E-state index contributed by atoms with van der Waals surface area (Å²) in [7, 11) is 0. The van der Waals surface area contributed by atoms with Gasteiger partial charge in [-0.05, 0) is 61.7 Å². The van der Waals surface area contributed by atoms with Gasteiger partial charge in [-0.1, -0.05) is 55.3 Å². The quantitative estimate of drug-likeness (QED) is 0.692. The Hall–Kier alpha value is -2.04. The number of amides is 1. The third kappa shape index (κ3) is 6.25. The number of likely N-dealkylation sites (tertiary alicyclic amines) is 1. The van der Waals surface area contributed by atoms with Gasteiger partial charge in [-0.2, -0.15) is 0 Å². The van der Waals surface area contributed by atoms with Crippen molar-refractivity contribution in [2.75, 3.05) is 13.1 Å². The van der Waals surface area contributed by atoms with Gasteiger partial charge in [0.25, 0.3) is 5.91 Å². The predicted molar refractivity (Wildman–Crippen MR) is 114 cm³/mol. The highest BCUT2D eigenvalue weighted by Gasteiger charge is 2.18. The molecule has 0 unspecified atom stereocenters. The van der Waals surface area contributed by atoms with Gasteiger partial charge in [0.05, 0.1) is 0 Å². The average Bonchev–Trinajstić information content (AvgIpc) is 2.72. The van der Waals surface area contributed by atoms with Crippen molar-refractivity contribution < 1.29 is 9.53 Å². The summed E-state index contributed by atoms with van der Waals surface area (Å²) in [5.41, 5.74) is 2.42. The first-order valence-corrected chi connectivity index (χ1v) is 10.5. The van der Waals surface area contributed by atoms with E-state index in [1.807, 2.05) is 19.1 Å². The van der Waals surface area contributed by atoms with Gasteiger partial charge in [0.1, 0.15) is 5.75 Å². The van der Waals surface area contributed by atoms with Crippen LogP contribution < -0.4 is 10.1 Å². The van der Waals surface area contributed by atoms with Gasteiger partial charge in [-0.15, -0.1) is 0 Å². The summed E-state index contributed by atoms with van der Waals surface area (Å²) in [5.74, 6) is 0.497. The molecule has 150 valence electrons. The molecule has 0 bridgehead atoms. The number of halogens is 1. The number of piperidine rings is 1. The molecule has 0 aromatic heterocycles. The lowest BCUT2D eigenvalue weighted by Crippen LogP contribution is -2.37. The van der Waals surface area contributed by atoms with E-state index in [0.717, 1.165) is 12.1 Å². The highest BCUT2D eigenvalue weighted by atomic mass is 35.5. The molecule has 1 N–H and O–H groups in total. The zero-order valence-corrected chi connectivity index (χ0v) is 17.3. The van der Waals surface area contributed by atoms with Crippen LogP contribution in [0.3, 0.4) is 0 Å². The monoisotopic (exact) mass is 400 g/mol. The second-order valence-electron chi connectivity index (χ2n) is 7.34. The van der Waals surface area contributed by atoms with Gasteiger partial charge in [0.2, 0.25) is 0 Å². The van der Waals surface area contributed by atoms with E-state index < -0.39 is 6.10 Å². The van der Waals surface area contributed by atoms with Crippen molar-refractivity contribution in [3.8, 4) is 5.75 Å². The molecule has 2 aromatic carbocycles. The van der Waals surface area contributed by atoms with Crippen molar-refractivity contribution in [3.05, 3.63) is 64.7 Å². The van der Waals surface area contributed by atoms with E-state index in [-0.39, 0.29) is 5.91 Å². The van der Waals surface area contributed by atoms with Crippen LogP contribution in [0.4, 0.5) is 0 Å². The van der Waals surface area contributed by atoms with Crippen LogP contribution in [-0.2, 0) is 17.9 Å². The van der Waals surface area contributed by atoms with E-state index in [1.165, 1.54) is 37.9 Å². The molecule has 28 heavy (non-hydrogen) atoms. The largest absolute Gasteiger partial charge is 0.481 e. The summed E-state index contributed by atoms with van der Waals surface area (Å²) >= 11 is 5.98. The number of hydrogen-bond donors (Lipinski definition) is 1. The van der Waals surface area contributed by atoms with E-state index in [4.69, 9.17) is 16.3 Å². The van der Waals surface area contributed by atoms with E-state index in [0.29, 0.717) is 23.7 Å². The van der Waals surface area contributed by atoms with Gasteiger partial charge in [-0.3, -0.25) is 9.69 Å². The molecule has 0 aliphatic carbocycles. The molecular formula is C23H29ClN2O2. The van der Waals surface area contributed by atoms with Crippen molar-refractivity contribution in [2.45, 2.75) is 51.8 Å².